The van der Waals surface area contributed by atoms with E-state index < -0.39 is 5.60 Å². The summed E-state index contributed by atoms with van der Waals surface area (Å²) in [5.41, 5.74) is 4.27. The number of para-hydroxylation sites is 1. The summed E-state index contributed by atoms with van der Waals surface area (Å²) in [6.45, 7) is 0.311. The van der Waals surface area contributed by atoms with Gasteiger partial charge in [-0.1, -0.05) is 109 Å². The molecule has 0 saturated heterocycles. The van der Waals surface area contributed by atoms with E-state index in [1.807, 2.05) is 78.9 Å². The lowest BCUT2D eigenvalue weighted by atomic mass is 9.80. The summed E-state index contributed by atoms with van der Waals surface area (Å²) >= 11 is 0. The molecule has 0 unspecified atom stereocenters. The van der Waals surface area contributed by atoms with Crippen molar-refractivity contribution in [2.45, 2.75) is 11.5 Å². The van der Waals surface area contributed by atoms with Gasteiger partial charge >= 0.3 is 0 Å². The van der Waals surface area contributed by atoms with Gasteiger partial charge in [-0.2, -0.15) is 0 Å². The minimum absolute atomic E-state index is 0.0253. The molecule has 4 aromatic carbocycles. The second-order valence-corrected chi connectivity index (χ2v) is 8.39. The van der Waals surface area contributed by atoms with Crippen molar-refractivity contribution in [1.29, 1.82) is 0 Å². The van der Waals surface area contributed by atoms with Crippen molar-refractivity contribution in [3.05, 3.63) is 150 Å². The van der Waals surface area contributed by atoms with Crippen LogP contribution in [-0.2, 0) is 10.3 Å². The number of nitrogens with zero attached hydrogens (tertiary/aromatic N) is 1. The van der Waals surface area contributed by atoms with Gasteiger partial charge in [0.15, 0.2) is 0 Å². The topological polar surface area (TPSA) is 42.4 Å². The van der Waals surface area contributed by atoms with Crippen molar-refractivity contribution in [3.8, 4) is 0 Å². The van der Waals surface area contributed by atoms with Gasteiger partial charge in [0.05, 0.1) is 18.7 Å². The molecule has 1 N–H and O–H groups in total. The highest BCUT2D eigenvalue weighted by Crippen LogP contribution is 2.41. The third-order valence-corrected chi connectivity index (χ3v) is 6.38. The third kappa shape index (κ3) is 4.12. The quantitative estimate of drug-likeness (QED) is 0.284. The Bertz CT molecular complexity index is 1240. The number of rotatable bonds is 8. The normalized spacial score (nSPS) is 12.5. The zero-order valence-corrected chi connectivity index (χ0v) is 18.9. The van der Waals surface area contributed by atoms with E-state index in [4.69, 9.17) is 4.74 Å². The number of pyridine rings is 1. The Morgan fingerprint density at radius 3 is 1.68 bits per heavy atom. The minimum atomic E-state index is -0.819. The fourth-order valence-electron chi connectivity index (χ4n) is 4.71. The predicted octanol–water partition coefficient (Wildman–Crippen LogP) is 6.32. The summed E-state index contributed by atoms with van der Waals surface area (Å²) in [6, 6.07) is 41.0. The van der Waals surface area contributed by atoms with E-state index in [9.17, 15) is 5.11 Å². The van der Waals surface area contributed by atoms with Crippen LogP contribution in [0.5, 0.6) is 0 Å². The summed E-state index contributed by atoms with van der Waals surface area (Å²) in [5.74, 6) is -0.205. The number of ether oxygens (including phenoxy) is 1. The van der Waals surface area contributed by atoms with Crippen LogP contribution in [0.4, 0.5) is 0 Å². The lowest BCUT2D eigenvalue weighted by molar-refractivity contribution is -0.00305. The molecule has 168 valence electrons. The maximum Gasteiger partial charge on any atom is 0.143 e. The molecule has 3 nitrogen and oxygen atoms in total. The first-order valence-electron chi connectivity index (χ1n) is 11.6. The summed E-state index contributed by atoms with van der Waals surface area (Å²) in [5, 5.41) is 11.5. The van der Waals surface area contributed by atoms with Crippen molar-refractivity contribution in [2.75, 3.05) is 13.2 Å². The van der Waals surface area contributed by atoms with Gasteiger partial charge in [-0.15, -0.1) is 0 Å². The van der Waals surface area contributed by atoms with E-state index in [0.717, 1.165) is 33.2 Å². The summed E-state index contributed by atoms with van der Waals surface area (Å²) in [4.78, 5) is 4.49. The third-order valence-electron chi connectivity index (χ3n) is 6.38. The molecule has 0 bridgehead atoms. The van der Waals surface area contributed by atoms with Crippen molar-refractivity contribution in [2.24, 2.45) is 0 Å². The zero-order chi connectivity index (χ0) is 23.2. The highest BCUT2D eigenvalue weighted by atomic mass is 16.5. The molecular formula is C31H27NO2. The molecule has 0 amide bonds. The average molecular weight is 446 g/mol. The van der Waals surface area contributed by atoms with Crippen LogP contribution >= 0.6 is 0 Å². The SMILES string of the molecule is OC[C@H](COC(c1ccccc1)(c1ccccc1)c1ccccc1)c1ccnc2ccccc12. The molecular weight excluding hydrogens is 418 g/mol. The molecule has 0 fully saturated rings. The number of fused-ring (bicyclic) bond motifs is 1. The molecule has 5 aromatic rings. The first-order chi connectivity index (χ1) is 16.8. The molecule has 1 heterocycles. The van der Waals surface area contributed by atoms with E-state index >= 15 is 0 Å². The van der Waals surface area contributed by atoms with Gasteiger partial charge in [0.25, 0.3) is 0 Å². The van der Waals surface area contributed by atoms with E-state index in [2.05, 4.69) is 47.4 Å². The molecule has 0 radical (unpaired) electrons. The summed E-state index contributed by atoms with van der Waals surface area (Å²) in [6.07, 6.45) is 1.80. The second-order valence-electron chi connectivity index (χ2n) is 8.39. The monoisotopic (exact) mass is 445 g/mol. The fourth-order valence-corrected chi connectivity index (χ4v) is 4.71. The lowest BCUT2D eigenvalue weighted by Crippen LogP contribution is -2.35. The van der Waals surface area contributed by atoms with Crippen LogP contribution in [0, 0.1) is 0 Å². The van der Waals surface area contributed by atoms with Crippen molar-refractivity contribution >= 4 is 10.9 Å². The van der Waals surface area contributed by atoms with Crippen LogP contribution in [0.25, 0.3) is 10.9 Å². The number of benzene rings is 4. The molecule has 0 spiro atoms. The first kappa shape index (κ1) is 22.0. The van der Waals surface area contributed by atoms with E-state index in [1.165, 1.54) is 0 Å². The average Bonchev–Trinajstić information content (AvgIpc) is 2.93. The van der Waals surface area contributed by atoms with Crippen LogP contribution in [0.15, 0.2) is 128 Å². The minimum Gasteiger partial charge on any atom is -0.396 e. The van der Waals surface area contributed by atoms with Crippen molar-refractivity contribution in [3.63, 3.8) is 0 Å². The van der Waals surface area contributed by atoms with Crippen LogP contribution < -0.4 is 0 Å². The van der Waals surface area contributed by atoms with E-state index in [1.54, 1.807) is 6.20 Å². The maximum atomic E-state index is 10.4. The Balaban J connectivity index is 1.62. The maximum absolute atomic E-state index is 10.4. The Morgan fingerprint density at radius 1 is 0.647 bits per heavy atom. The number of aliphatic hydroxyl groups excluding tert-OH is 1. The summed E-state index contributed by atoms with van der Waals surface area (Å²) < 4.78 is 6.96. The van der Waals surface area contributed by atoms with Gasteiger partial charge in [-0.05, 0) is 34.4 Å². The number of hydrogen-bond donors (Lipinski definition) is 1. The van der Waals surface area contributed by atoms with Gasteiger partial charge in [0, 0.05) is 17.5 Å². The Kier molecular flexibility index (Phi) is 6.48. The predicted molar refractivity (Wildman–Crippen MR) is 137 cm³/mol. The Morgan fingerprint density at radius 2 is 1.15 bits per heavy atom. The molecule has 1 aromatic heterocycles. The fraction of sp³-hybridized carbons (Fsp3) is 0.129. The molecule has 34 heavy (non-hydrogen) atoms. The van der Waals surface area contributed by atoms with E-state index in [-0.39, 0.29) is 12.5 Å². The van der Waals surface area contributed by atoms with Gasteiger partial charge in [-0.25, -0.2) is 0 Å². The number of aliphatic hydroxyl groups is 1. The van der Waals surface area contributed by atoms with Gasteiger partial charge in [-0.3, -0.25) is 4.98 Å². The number of aromatic nitrogens is 1. The van der Waals surface area contributed by atoms with Crippen molar-refractivity contribution in [1.82, 2.24) is 4.98 Å². The first-order valence-corrected chi connectivity index (χ1v) is 11.6. The largest absolute Gasteiger partial charge is 0.396 e. The smallest absolute Gasteiger partial charge is 0.143 e. The molecule has 1 atom stereocenters. The molecule has 3 heteroatoms. The number of hydrogen-bond acceptors (Lipinski definition) is 3. The lowest BCUT2D eigenvalue weighted by Gasteiger charge is -2.37. The van der Waals surface area contributed by atoms with Gasteiger partial charge in [0.2, 0.25) is 0 Å². The molecule has 0 aliphatic carbocycles. The van der Waals surface area contributed by atoms with Gasteiger partial charge < -0.3 is 9.84 Å². The molecule has 5 rings (SSSR count). The van der Waals surface area contributed by atoms with Crippen LogP contribution in [0.2, 0.25) is 0 Å². The Hall–Kier alpha value is -3.79. The molecule has 0 aliphatic heterocycles. The van der Waals surface area contributed by atoms with Crippen molar-refractivity contribution < 1.29 is 9.84 Å². The standard InChI is InChI=1S/C31H27NO2/c33-22-24(28-20-21-32-30-19-11-10-18-29(28)30)23-34-31(25-12-4-1-5-13-25,26-14-6-2-7-15-26)27-16-8-3-9-17-27/h1-21,24,33H,22-23H2/t24-/m1/s1. The van der Waals surface area contributed by atoms with Crippen LogP contribution in [0.1, 0.15) is 28.2 Å². The van der Waals surface area contributed by atoms with Crippen LogP contribution in [0.3, 0.4) is 0 Å². The summed E-state index contributed by atoms with van der Waals surface area (Å²) in [7, 11) is 0. The highest BCUT2D eigenvalue weighted by Gasteiger charge is 2.38. The molecule has 0 saturated carbocycles. The highest BCUT2D eigenvalue weighted by molar-refractivity contribution is 5.82. The van der Waals surface area contributed by atoms with E-state index in [0.29, 0.717) is 6.61 Å². The molecule has 0 aliphatic rings. The second kappa shape index (κ2) is 10.0. The zero-order valence-electron chi connectivity index (χ0n) is 18.9. The van der Waals surface area contributed by atoms with Crippen LogP contribution in [-0.4, -0.2) is 23.3 Å². The Labute approximate surface area is 200 Å². The van der Waals surface area contributed by atoms with Gasteiger partial charge in [0.1, 0.15) is 5.60 Å².